The normalized spacial score (nSPS) is 14.9. The number of hydrogen-bond acceptors (Lipinski definition) is 6. The number of rotatable bonds is 7. The molecule has 0 saturated carbocycles. The van der Waals surface area contributed by atoms with Crippen LogP contribution in [0.4, 0.5) is 0 Å². The smallest absolute Gasteiger partial charge is 0.338 e. The fourth-order valence-electron chi connectivity index (χ4n) is 3.04. The van der Waals surface area contributed by atoms with Crippen molar-refractivity contribution in [1.82, 2.24) is 5.32 Å². The van der Waals surface area contributed by atoms with E-state index in [1.54, 1.807) is 6.07 Å². The minimum atomic E-state index is -0.259. The number of ether oxygens (including phenoxy) is 4. The van der Waals surface area contributed by atoms with E-state index in [-0.39, 0.29) is 24.4 Å². The molecule has 1 N–H and O–H groups in total. The zero-order chi connectivity index (χ0) is 17.9. The summed E-state index contributed by atoms with van der Waals surface area (Å²) in [5.74, 6) is 2.12. The van der Waals surface area contributed by atoms with E-state index in [9.17, 15) is 4.79 Å². The molecule has 2 aromatic rings. The highest BCUT2D eigenvalue weighted by molar-refractivity contribution is 5.93. The number of hydrogen-bond donors (Lipinski definition) is 1. The maximum absolute atomic E-state index is 11.5. The highest BCUT2D eigenvalue weighted by Gasteiger charge is 2.21. The molecule has 0 fully saturated rings. The predicted octanol–water partition coefficient (Wildman–Crippen LogP) is 3.11. The summed E-state index contributed by atoms with van der Waals surface area (Å²) in [5, 5.41) is 3.45. The topological polar surface area (TPSA) is 66.0 Å². The van der Waals surface area contributed by atoms with Gasteiger partial charge < -0.3 is 24.3 Å². The molecule has 2 heterocycles. The number of benzene rings is 2. The maximum atomic E-state index is 11.5. The minimum absolute atomic E-state index is 0. The molecule has 4 rings (SSSR count). The monoisotopic (exact) mass is 391 g/mol. The van der Waals surface area contributed by atoms with Gasteiger partial charge in [0.15, 0.2) is 11.5 Å². The molecule has 0 bridgehead atoms. The third kappa shape index (κ3) is 4.46. The van der Waals surface area contributed by atoms with Crippen LogP contribution < -0.4 is 19.5 Å². The second-order valence-electron chi connectivity index (χ2n) is 6.50. The Labute approximate surface area is 164 Å². The van der Waals surface area contributed by atoms with E-state index in [4.69, 9.17) is 18.9 Å². The maximum Gasteiger partial charge on any atom is 0.338 e. The Kier molecular flexibility index (Phi) is 6.08. The Bertz CT molecular complexity index is 826. The van der Waals surface area contributed by atoms with Crippen molar-refractivity contribution in [2.24, 2.45) is 0 Å². The first-order chi connectivity index (χ1) is 12.7. The number of carbonyl (C=O) groups is 1. The molecule has 0 spiro atoms. The van der Waals surface area contributed by atoms with Crippen LogP contribution in [-0.4, -0.2) is 32.0 Å². The van der Waals surface area contributed by atoms with Gasteiger partial charge in [-0.25, -0.2) is 4.79 Å². The molecule has 2 aliphatic rings. The van der Waals surface area contributed by atoms with Crippen molar-refractivity contribution in [1.29, 1.82) is 0 Å². The quantitative estimate of drug-likeness (QED) is 0.731. The van der Waals surface area contributed by atoms with E-state index in [1.807, 2.05) is 24.3 Å². The second-order valence-corrected chi connectivity index (χ2v) is 6.50. The highest BCUT2D eigenvalue weighted by Crippen LogP contribution is 2.32. The number of esters is 1. The van der Waals surface area contributed by atoms with Crippen molar-refractivity contribution in [2.45, 2.75) is 26.0 Å². The van der Waals surface area contributed by atoms with Gasteiger partial charge in [0.05, 0.1) is 5.56 Å². The number of nitrogens with one attached hydrogen (secondary N) is 1. The molecule has 1 atom stereocenters. The summed E-state index contributed by atoms with van der Waals surface area (Å²) in [6, 6.07) is 11.7. The van der Waals surface area contributed by atoms with Crippen molar-refractivity contribution in [3.8, 4) is 17.2 Å². The van der Waals surface area contributed by atoms with Crippen LogP contribution in [0, 0.1) is 0 Å². The average Bonchev–Trinajstić information content (AvgIpc) is 3.26. The van der Waals surface area contributed by atoms with Crippen molar-refractivity contribution in [2.75, 3.05) is 19.9 Å². The molecular formula is C20H22ClNO5. The van der Waals surface area contributed by atoms with Gasteiger partial charge in [0.1, 0.15) is 19.0 Å². The third-order valence-electron chi connectivity index (χ3n) is 4.50. The summed E-state index contributed by atoms with van der Waals surface area (Å²) in [6.07, 6.45) is 0.902. The lowest BCUT2D eigenvalue weighted by atomic mass is 10.1. The van der Waals surface area contributed by atoms with E-state index in [0.717, 1.165) is 35.8 Å². The molecule has 144 valence electrons. The summed E-state index contributed by atoms with van der Waals surface area (Å²) in [6.45, 7) is 4.11. The Balaban J connectivity index is 0.00000210. The highest BCUT2D eigenvalue weighted by atomic mass is 35.5. The van der Waals surface area contributed by atoms with Gasteiger partial charge in [-0.05, 0) is 55.8 Å². The van der Waals surface area contributed by atoms with Crippen LogP contribution in [0.2, 0.25) is 0 Å². The second kappa shape index (κ2) is 8.50. The van der Waals surface area contributed by atoms with Gasteiger partial charge in [0.25, 0.3) is 0 Å². The van der Waals surface area contributed by atoms with E-state index >= 15 is 0 Å². The zero-order valence-corrected chi connectivity index (χ0v) is 15.8. The summed E-state index contributed by atoms with van der Waals surface area (Å²) in [7, 11) is 0. The lowest BCUT2D eigenvalue weighted by molar-refractivity contribution is 0.0535. The lowest BCUT2D eigenvalue weighted by Gasteiger charge is -2.15. The first kappa shape index (κ1) is 19.3. The van der Waals surface area contributed by atoms with Crippen LogP contribution in [-0.2, 0) is 17.8 Å². The molecule has 0 aromatic heterocycles. The molecule has 0 saturated heterocycles. The van der Waals surface area contributed by atoms with Crippen LogP contribution >= 0.6 is 12.4 Å². The van der Waals surface area contributed by atoms with Gasteiger partial charge in [0, 0.05) is 11.6 Å². The molecule has 27 heavy (non-hydrogen) atoms. The molecule has 6 nitrogen and oxygen atoms in total. The van der Waals surface area contributed by atoms with Gasteiger partial charge >= 0.3 is 5.97 Å². The van der Waals surface area contributed by atoms with Crippen molar-refractivity contribution in [3.05, 3.63) is 53.1 Å². The van der Waals surface area contributed by atoms with Gasteiger partial charge in [-0.15, -0.1) is 12.4 Å². The van der Waals surface area contributed by atoms with E-state index in [0.29, 0.717) is 25.6 Å². The Morgan fingerprint density at radius 1 is 1.11 bits per heavy atom. The van der Waals surface area contributed by atoms with Gasteiger partial charge in [-0.3, -0.25) is 0 Å². The van der Waals surface area contributed by atoms with Crippen LogP contribution in [0.5, 0.6) is 17.2 Å². The first-order valence-electron chi connectivity index (χ1n) is 8.74. The van der Waals surface area contributed by atoms with Gasteiger partial charge in [-0.2, -0.15) is 0 Å². The Morgan fingerprint density at radius 3 is 2.85 bits per heavy atom. The number of carbonyl (C=O) groups excluding carboxylic acids is 1. The molecule has 1 unspecified atom stereocenters. The van der Waals surface area contributed by atoms with E-state index < -0.39 is 0 Å². The largest absolute Gasteiger partial charge is 0.492 e. The predicted molar refractivity (Wildman–Crippen MR) is 102 cm³/mol. The van der Waals surface area contributed by atoms with Gasteiger partial charge in [-0.1, -0.05) is 6.07 Å². The molecule has 2 aliphatic heterocycles. The molecule has 0 amide bonds. The molecule has 7 heteroatoms. The number of halogens is 1. The van der Waals surface area contributed by atoms with Crippen LogP contribution in [0.1, 0.15) is 28.4 Å². The number of cyclic esters (lactones) is 1. The SMILES string of the molecule is CC(COc1ccc2c(c1)COC2=O)NCCc1ccc2c(c1)OCO2.Cl. The summed E-state index contributed by atoms with van der Waals surface area (Å²) < 4.78 is 21.6. The summed E-state index contributed by atoms with van der Waals surface area (Å²) in [5.41, 5.74) is 2.72. The fraction of sp³-hybridized carbons (Fsp3) is 0.350. The van der Waals surface area contributed by atoms with E-state index in [1.165, 1.54) is 5.56 Å². The summed E-state index contributed by atoms with van der Waals surface area (Å²) in [4.78, 5) is 11.5. The average molecular weight is 392 g/mol. The third-order valence-corrected chi connectivity index (χ3v) is 4.50. The Hall–Kier alpha value is -2.44. The van der Waals surface area contributed by atoms with Crippen molar-refractivity contribution in [3.63, 3.8) is 0 Å². The fourth-order valence-corrected chi connectivity index (χ4v) is 3.04. The number of fused-ring (bicyclic) bond motifs is 2. The van der Waals surface area contributed by atoms with Crippen LogP contribution in [0.15, 0.2) is 36.4 Å². The minimum Gasteiger partial charge on any atom is -0.492 e. The Morgan fingerprint density at radius 2 is 1.96 bits per heavy atom. The first-order valence-corrected chi connectivity index (χ1v) is 8.74. The molecule has 2 aromatic carbocycles. The van der Waals surface area contributed by atoms with Crippen LogP contribution in [0.25, 0.3) is 0 Å². The lowest BCUT2D eigenvalue weighted by Crippen LogP contribution is -2.33. The van der Waals surface area contributed by atoms with Crippen molar-refractivity contribution >= 4 is 18.4 Å². The standard InChI is InChI=1S/C20H21NO5.ClH/c1-13(10-23-16-3-4-17-15(9-16)11-24-20(17)22)21-7-6-14-2-5-18-19(8-14)26-12-25-18;/h2-5,8-9,13,21H,6-7,10-12H2,1H3;1H. The zero-order valence-electron chi connectivity index (χ0n) is 15.0. The van der Waals surface area contributed by atoms with Crippen LogP contribution in [0.3, 0.4) is 0 Å². The van der Waals surface area contributed by atoms with Gasteiger partial charge in [0.2, 0.25) is 6.79 Å². The van der Waals surface area contributed by atoms with E-state index in [2.05, 4.69) is 18.3 Å². The molecule has 0 radical (unpaired) electrons. The molecule has 0 aliphatic carbocycles. The molecular weight excluding hydrogens is 370 g/mol. The summed E-state index contributed by atoms with van der Waals surface area (Å²) >= 11 is 0. The van der Waals surface area contributed by atoms with Crippen molar-refractivity contribution < 1.29 is 23.7 Å².